The largest absolute Gasteiger partial charge is 0.444 e. The molecule has 0 aliphatic carbocycles. The SMILES string of the molecule is CC(C)(C)OC(=O)N1CCc2ccc(CO)c(F)c2C1. The molecule has 1 aliphatic heterocycles. The second kappa shape index (κ2) is 5.40. The summed E-state index contributed by atoms with van der Waals surface area (Å²) in [5.41, 5.74) is 1.06. The molecule has 2 rings (SSSR count). The number of halogens is 1. The molecular weight excluding hydrogens is 261 g/mol. The molecule has 110 valence electrons. The Hall–Kier alpha value is -1.62. The van der Waals surface area contributed by atoms with Crippen LogP contribution in [-0.2, 0) is 24.3 Å². The van der Waals surface area contributed by atoms with Crippen LogP contribution in [-0.4, -0.2) is 28.2 Å². The summed E-state index contributed by atoms with van der Waals surface area (Å²) in [4.78, 5) is 13.5. The van der Waals surface area contributed by atoms with E-state index in [1.54, 1.807) is 26.8 Å². The van der Waals surface area contributed by atoms with Crippen LogP contribution in [0, 0.1) is 5.82 Å². The second-order valence-corrected chi connectivity index (χ2v) is 5.99. The molecule has 0 saturated carbocycles. The maximum atomic E-state index is 14.2. The fourth-order valence-electron chi connectivity index (χ4n) is 2.24. The first kappa shape index (κ1) is 14.8. The summed E-state index contributed by atoms with van der Waals surface area (Å²) >= 11 is 0. The topological polar surface area (TPSA) is 49.8 Å². The van der Waals surface area contributed by atoms with E-state index in [4.69, 9.17) is 9.84 Å². The molecule has 1 aromatic rings. The summed E-state index contributed by atoms with van der Waals surface area (Å²) in [6.45, 7) is 5.75. The van der Waals surface area contributed by atoms with Crippen LogP contribution in [0.25, 0.3) is 0 Å². The molecule has 0 atom stereocenters. The third kappa shape index (κ3) is 3.10. The van der Waals surface area contributed by atoms with Crippen molar-refractivity contribution in [1.29, 1.82) is 0 Å². The van der Waals surface area contributed by atoms with Crippen LogP contribution in [0.15, 0.2) is 12.1 Å². The highest BCUT2D eigenvalue weighted by atomic mass is 19.1. The third-order valence-electron chi connectivity index (χ3n) is 3.24. The highest BCUT2D eigenvalue weighted by molar-refractivity contribution is 5.68. The zero-order valence-corrected chi connectivity index (χ0v) is 12.1. The van der Waals surface area contributed by atoms with Crippen molar-refractivity contribution in [3.8, 4) is 0 Å². The molecule has 1 aliphatic rings. The monoisotopic (exact) mass is 281 g/mol. The van der Waals surface area contributed by atoms with Crippen LogP contribution in [0.1, 0.15) is 37.5 Å². The van der Waals surface area contributed by atoms with Crippen molar-refractivity contribution in [1.82, 2.24) is 4.90 Å². The van der Waals surface area contributed by atoms with Gasteiger partial charge in [0.15, 0.2) is 0 Å². The molecular formula is C15H20FNO3. The molecule has 1 aromatic carbocycles. The van der Waals surface area contributed by atoms with Gasteiger partial charge in [-0.05, 0) is 32.8 Å². The second-order valence-electron chi connectivity index (χ2n) is 5.99. The van der Waals surface area contributed by atoms with Crippen molar-refractivity contribution in [3.63, 3.8) is 0 Å². The third-order valence-corrected chi connectivity index (χ3v) is 3.24. The highest BCUT2D eigenvalue weighted by Crippen LogP contribution is 2.25. The lowest BCUT2D eigenvalue weighted by atomic mass is 9.97. The normalized spacial score (nSPS) is 14.9. The molecule has 0 fully saturated rings. The number of aliphatic hydroxyl groups is 1. The van der Waals surface area contributed by atoms with Gasteiger partial charge in [0.25, 0.3) is 0 Å². The van der Waals surface area contributed by atoms with Gasteiger partial charge in [0, 0.05) is 17.7 Å². The van der Waals surface area contributed by atoms with Gasteiger partial charge in [-0.2, -0.15) is 0 Å². The minimum absolute atomic E-state index is 0.184. The Morgan fingerprint density at radius 2 is 2.15 bits per heavy atom. The van der Waals surface area contributed by atoms with Gasteiger partial charge in [0.2, 0.25) is 0 Å². The number of benzene rings is 1. The lowest BCUT2D eigenvalue weighted by Crippen LogP contribution is -2.40. The average molecular weight is 281 g/mol. The molecule has 0 radical (unpaired) electrons. The van der Waals surface area contributed by atoms with E-state index in [2.05, 4.69) is 0 Å². The first-order valence-electron chi connectivity index (χ1n) is 6.69. The quantitative estimate of drug-likeness (QED) is 0.861. The van der Waals surface area contributed by atoms with Crippen LogP contribution < -0.4 is 0 Å². The molecule has 1 heterocycles. The van der Waals surface area contributed by atoms with Gasteiger partial charge in [-0.1, -0.05) is 12.1 Å². The van der Waals surface area contributed by atoms with E-state index < -0.39 is 17.5 Å². The molecule has 4 nitrogen and oxygen atoms in total. The lowest BCUT2D eigenvalue weighted by Gasteiger charge is -2.31. The van der Waals surface area contributed by atoms with Gasteiger partial charge in [-0.15, -0.1) is 0 Å². The minimum Gasteiger partial charge on any atom is -0.444 e. The van der Waals surface area contributed by atoms with Crippen LogP contribution in [0.3, 0.4) is 0 Å². The number of ether oxygens (including phenoxy) is 1. The zero-order valence-electron chi connectivity index (χ0n) is 12.1. The Bertz CT molecular complexity index is 523. The Kier molecular flexibility index (Phi) is 3.99. The van der Waals surface area contributed by atoms with E-state index in [-0.39, 0.29) is 18.7 Å². The fourth-order valence-corrected chi connectivity index (χ4v) is 2.24. The molecule has 0 spiro atoms. The number of carbonyl (C=O) groups is 1. The Balaban J connectivity index is 2.20. The van der Waals surface area contributed by atoms with Crippen molar-refractivity contribution >= 4 is 6.09 Å². The van der Waals surface area contributed by atoms with E-state index in [0.717, 1.165) is 5.56 Å². The van der Waals surface area contributed by atoms with E-state index in [9.17, 15) is 9.18 Å². The summed E-state index contributed by atoms with van der Waals surface area (Å²) in [5, 5.41) is 9.10. The van der Waals surface area contributed by atoms with Crippen LogP contribution in [0.4, 0.5) is 9.18 Å². The smallest absolute Gasteiger partial charge is 0.410 e. The Morgan fingerprint density at radius 1 is 1.45 bits per heavy atom. The number of rotatable bonds is 1. The molecule has 5 heteroatoms. The highest BCUT2D eigenvalue weighted by Gasteiger charge is 2.27. The minimum atomic E-state index is -0.567. The fraction of sp³-hybridized carbons (Fsp3) is 0.533. The van der Waals surface area contributed by atoms with Crippen molar-refractivity contribution < 1.29 is 19.0 Å². The molecule has 20 heavy (non-hydrogen) atoms. The van der Waals surface area contributed by atoms with Crippen molar-refractivity contribution in [3.05, 3.63) is 34.6 Å². The van der Waals surface area contributed by atoms with Crippen molar-refractivity contribution in [2.45, 2.75) is 45.9 Å². The van der Waals surface area contributed by atoms with Gasteiger partial charge in [-0.25, -0.2) is 9.18 Å². The van der Waals surface area contributed by atoms with Crippen molar-refractivity contribution in [2.75, 3.05) is 6.54 Å². The predicted molar refractivity (Wildman–Crippen MR) is 72.7 cm³/mol. The summed E-state index contributed by atoms with van der Waals surface area (Å²) in [7, 11) is 0. The molecule has 0 saturated heterocycles. The van der Waals surface area contributed by atoms with Gasteiger partial charge in [0.05, 0.1) is 13.2 Å². The maximum absolute atomic E-state index is 14.2. The first-order valence-corrected chi connectivity index (χ1v) is 6.69. The number of amides is 1. The number of fused-ring (bicyclic) bond motifs is 1. The summed E-state index contributed by atoms with van der Waals surface area (Å²) in [5.74, 6) is -0.418. The standard InChI is InChI=1S/C15H20FNO3/c1-15(2,3)20-14(19)17-7-6-10-4-5-11(9-18)13(16)12(10)8-17/h4-5,18H,6-9H2,1-3H3. The summed E-state index contributed by atoms with van der Waals surface area (Å²) in [6, 6.07) is 3.41. The van der Waals surface area contributed by atoms with Crippen molar-refractivity contribution in [2.24, 2.45) is 0 Å². The predicted octanol–water partition coefficient (Wildman–Crippen LogP) is 2.61. The Morgan fingerprint density at radius 3 is 2.75 bits per heavy atom. The number of carbonyl (C=O) groups excluding carboxylic acids is 1. The van der Waals surface area contributed by atoms with Gasteiger partial charge in [0.1, 0.15) is 11.4 Å². The molecule has 1 amide bonds. The number of hydrogen-bond donors (Lipinski definition) is 1. The molecule has 0 aromatic heterocycles. The lowest BCUT2D eigenvalue weighted by molar-refractivity contribution is 0.0221. The zero-order chi connectivity index (χ0) is 14.9. The van der Waals surface area contributed by atoms with Crippen LogP contribution in [0.5, 0.6) is 0 Å². The number of hydrogen-bond acceptors (Lipinski definition) is 3. The van der Waals surface area contributed by atoms with Gasteiger partial charge in [-0.3, -0.25) is 0 Å². The first-order chi connectivity index (χ1) is 9.31. The molecule has 1 N–H and O–H groups in total. The Labute approximate surface area is 118 Å². The maximum Gasteiger partial charge on any atom is 0.410 e. The van der Waals surface area contributed by atoms with Crippen LogP contribution >= 0.6 is 0 Å². The summed E-state index contributed by atoms with van der Waals surface area (Å²) < 4.78 is 19.5. The average Bonchev–Trinajstić information content (AvgIpc) is 2.37. The number of nitrogens with zero attached hydrogens (tertiary/aromatic N) is 1. The van der Waals surface area contributed by atoms with Crippen LogP contribution in [0.2, 0.25) is 0 Å². The van der Waals surface area contributed by atoms with E-state index in [1.807, 2.05) is 6.07 Å². The van der Waals surface area contributed by atoms with E-state index in [0.29, 0.717) is 18.5 Å². The van der Waals surface area contributed by atoms with E-state index in [1.165, 1.54) is 4.90 Å². The van der Waals surface area contributed by atoms with Gasteiger partial charge < -0.3 is 14.7 Å². The molecule has 0 bridgehead atoms. The number of aliphatic hydroxyl groups excluding tert-OH is 1. The summed E-state index contributed by atoms with van der Waals surface area (Å²) in [6.07, 6.45) is 0.161. The van der Waals surface area contributed by atoms with E-state index >= 15 is 0 Å². The van der Waals surface area contributed by atoms with Gasteiger partial charge >= 0.3 is 6.09 Å². The molecule has 0 unspecified atom stereocenters.